The smallest absolute Gasteiger partial charge is 0.313 e. The van der Waals surface area contributed by atoms with Crippen LogP contribution in [0.1, 0.15) is 10.6 Å². The Morgan fingerprint density at radius 2 is 1.94 bits per heavy atom. The fourth-order valence-electron chi connectivity index (χ4n) is 2.94. The molecular formula is C20H17N5O6S2. The predicted octanol–water partition coefficient (Wildman–Crippen LogP) is 0.660. The number of ether oxygens (including phenoxy) is 1. The highest BCUT2D eigenvalue weighted by atomic mass is 32.2. The van der Waals surface area contributed by atoms with E-state index in [9.17, 15) is 22.9 Å². The number of aryl methyl sites for hydroxylation is 2. The number of tetrazole rings is 1. The molecule has 2 aromatic carbocycles. The van der Waals surface area contributed by atoms with E-state index in [-0.39, 0.29) is 4.90 Å². The minimum Gasteiger partial charge on any atom is -0.546 e. The zero-order valence-electron chi connectivity index (χ0n) is 17.4. The summed E-state index contributed by atoms with van der Waals surface area (Å²) in [6, 6.07) is 12.1. The Bertz CT molecular complexity index is 1420. The summed E-state index contributed by atoms with van der Waals surface area (Å²) in [6.07, 6.45) is 0. The summed E-state index contributed by atoms with van der Waals surface area (Å²) in [7, 11) is -4.34. The molecule has 4 aromatic rings. The second kappa shape index (κ2) is 8.69. The van der Waals surface area contributed by atoms with Crippen LogP contribution in [-0.2, 0) is 14.9 Å². The van der Waals surface area contributed by atoms with E-state index < -0.39 is 22.7 Å². The van der Waals surface area contributed by atoms with Crippen LogP contribution < -0.4 is 14.5 Å². The lowest BCUT2D eigenvalue weighted by atomic mass is 10.2. The molecule has 0 saturated heterocycles. The van der Waals surface area contributed by atoms with Gasteiger partial charge in [0.15, 0.2) is 0 Å². The summed E-state index contributed by atoms with van der Waals surface area (Å²) in [6.45, 7) is 3.21. The van der Waals surface area contributed by atoms with Gasteiger partial charge in [0.1, 0.15) is 29.0 Å². The molecule has 0 atom stereocenters. The van der Waals surface area contributed by atoms with E-state index in [0.717, 1.165) is 10.6 Å². The molecule has 170 valence electrons. The third kappa shape index (κ3) is 4.74. The summed E-state index contributed by atoms with van der Waals surface area (Å²) in [5.41, 5.74) is 1.88. The van der Waals surface area contributed by atoms with Crippen molar-refractivity contribution in [2.24, 2.45) is 0 Å². The maximum Gasteiger partial charge on any atom is 0.313 e. The number of carboxylic acid groups (broad SMARTS) is 1. The second-order valence-corrected chi connectivity index (χ2v) is 9.51. The maximum atomic E-state index is 11.4. The van der Waals surface area contributed by atoms with Gasteiger partial charge < -0.3 is 14.6 Å². The van der Waals surface area contributed by atoms with Crippen LogP contribution in [0.2, 0.25) is 0 Å². The monoisotopic (exact) mass is 487 g/mol. The third-order valence-corrected chi connectivity index (χ3v) is 6.54. The van der Waals surface area contributed by atoms with Crippen molar-refractivity contribution >= 4 is 27.4 Å². The number of hydrogen-bond acceptors (Lipinski definition) is 9. The van der Waals surface area contributed by atoms with E-state index in [2.05, 4.69) is 15.3 Å². The first kappa shape index (κ1) is 22.5. The van der Waals surface area contributed by atoms with Crippen molar-refractivity contribution in [2.45, 2.75) is 18.7 Å². The SMILES string of the molecule is Cc1nc(-[n+]2c(-c3cccc(OCC(=O)[O-])c3)nnn2-c2ccc(S(=O)(=O)O)cc2)sc1C. The zero-order valence-corrected chi connectivity index (χ0v) is 19.0. The molecule has 0 bridgehead atoms. The van der Waals surface area contributed by atoms with Crippen molar-refractivity contribution < 1.29 is 32.3 Å². The zero-order chi connectivity index (χ0) is 23.8. The summed E-state index contributed by atoms with van der Waals surface area (Å²) in [4.78, 5) is 17.5. The number of nitrogens with zero attached hydrogens (tertiary/aromatic N) is 5. The summed E-state index contributed by atoms with van der Waals surface area (Å²) in [5, 5.41) is 19.8. The van der Waals surface area contributed by atoms with E-state index in [0.29, 0.717) is 28.0 Å². The number of benzene rings is 2. The molecule has 11 nitrogen and oxygen atoms in total. The van der Waals surface area contributed by atoms with Gasteiger partial charge in [-0.3, -0.25) is 4.55 Å². The highest BCUT2D eigenvalue weighted by molar-refractivity contribution is 7.85. The number of thiazole rings is 1. The Balaban J connectivity index is 1.85. The Kier molecular flexibility index (Phi) is 5.93. The standard InChI is InChI=1S/C20H17N5O6S2/c1-12-13(2)32-20(21-12)24-19(14-4-3-5-16(10-14)31-11-18(26)27)22-23-25(24)15-6-8-17(9-7-15)33(28,29)30/h3-10H,11H2,1-2H3,(H-,26,27,28,29,30). The van der Waals surface area contributed by atoms with Crippen molar-refractivity contribution in [3.05, 3.63) is 59.1 Å². The maximum absolute atomic E-state index is 11.4. The van der Waals surface area contributed by atoms with E-state index >= 15 is 0 Å². The fourth-order valence-corrected chi connectivity index (χ4v) is 4.32. The van der Waals surface area contributed by atoms with Crippen LogP contribution in [0.3, 0.4) is 0 Å². The minimum atomic E-state index is -4.34. The van der Waals surface area contributed by atoms with Gasteiger partial charge in [0.25, 0.3) is 10.1 Å². The summed E-state index contributed by atoms with van der Waals surface area (Å²) < 4.78 is 38.9. The van der Waals surface area contributed by atoms with E-state index in [1.165, 1.54) is 40.4 Å². The van der Waals surface area contributed by atoms with Crippen LogP contribution in [0.15, 0.2) is 53.4 Å². The molecule has 0 spiro atoms. The van der Waals surface area contributed by atoms with E-state index in [4.69, 9.17) is 4.74 Å². The molecule has 0 aliphatic heterocycles. The van der Waals surface area contributed by atoms with Crippen LogP contribution in [0.5, 0.6) is 5.75 Å². The summed E-state index contributed by atoms with van der Waals surface area (Å²) >= 11 is 1.41. The molecule has 33 heavy (non-hydrogen) atoms. The van der Waals surface area contributed by atoms with Crippen molar-refractivity contribution in [3.63, 3.8) is 0 Å². The summed E-state index contributed by atoms with van der Waals surface area (Å²) in [5.74, 6) is -0.646. The number of rotatable bonds is 7. The van der Waals surface area contributed by atoms with Crippen LogP contribution in [0, 0.1) is 13.8 Å². The average molecular weight is 488 g/mol. The molecule has 2 heterocycles. The quantitative estimate of drug-likeness (QED) is 0.293. The van der Waals surface area contributed by atoms with Gasteiger partial charge >= 0.3 is 11.0 Å². The van der Waals surface area contributed by atoms with Gasteiger partial charge in [0.2, 0.25) is 0 Å². The number of carbonyl (C=O) groups is 1. The predicted molar refractivity (Wildman–Crippen MR) is 114 cm³/mol. The van der Waals surface area contributed by atoms with Gasteiger partial charge in [0.05, 0.1) is 21.5 Å². The minimum absolute atomic E-state index is 0.253. The third-order valence-electron chi connectivity index (χ3n) is 4.63. The lowest BCUT2D eigenvalue weighted by molar-refractivity contribution is -0.669. The lowest BCUT2D eigenvalue weighted by Crippen LogP contribution is -2.42. The van der Waals surface area contributed by atoms with Crippen LogP contribution in [0.25, 0.3) is 22.2 Å². The van der Waals surface area contributed by atoms with Gasteiger partial charge in [-0.15, -0.1) is 4.98 Å². The average Bonchev–Trinajstić information content (AvgIpc) is 3.35. The lowest BCUT2D eigenvalue weighted by Gasteiger charge is -2.07. The molecule has 0 amide bonds. The molecule has 4 rings (SSSR count). The largest absolute Gasteiger partial charge is 0.546 e. The Morgan fingerprint density at radius 1 is 1.21 bits per heavy atom. The first-order valence-corrected chi connectivity index (χ1v) is 11.7. The second-order valence-electron chi connectivity index (χ2n) is 6.91. The molecule has 0 fully saturated rings. The normalized spacial score (nSPS) is 11.5. The van der Waals surface area contributed by atoms with Crippen molar-refractivity contribution in [1.82, 2.24) is 20.1 Å². The highest BCUT2D eigenvalue weighted by Crippen LogP contribution is 2.24. The van der Waals surface area contributed by atoms with Gasteiger partial charge in [0, 0.05) is 4.88 Å². The Labute approximate surface area is 192 Å². The van der Waals surface area contributed by atoms with Gasteiger partial charge in [-0.1, -0.05) is 22.1 Å². The highest BCUT2D eigenvalue weighted by Gasteiger charge is 2.27. The van der Waals surface area contributed by atoms with Crippen LogP contribution in [0.4, 0.5) is 0 Å². The number of carboxylic acids is 1. The first-order valence-electron chi connectivity index (χ1n) is 9.47. The number of aliphatic carboxylic acids is 1. The molecule has 2 aromatic heterocycles. The number of carbonyl (C=O) groups excluding carboxylic acids is 1. The number of aromatic nitrogens is 5. The van der Waals surface area contributed by atoms with E-state index in [1.54, 1.807) is 28.9 Å². The van der Waals surface area contributed by atoms with Gasteiger partial charge in [-0.25, -0.2) is 0 Å². The first-order chi connectivity index (χ1) is 15.6. The molecule has 0 radical (unpaired) electrons. The Hall–Kier alpha value is -3.68. The van der Waals surface area contributed by atoms with Crippen LogP contribution >= 0.6 is 11.3 Å². The molecule has 13 heteroatoms. The number of hydrogen-bond donors (Lipinski definition) is 1. The van der Waals surface area contributed by atoms with Gasteiger partial charge in [-0.2, -0.15) is 8.42 Å². The van der Waals surface area contributed by atoms with E-state index in [1.807, 2.05) is 13.8 Å². The molecular weight excluding hydrogens is 470 g/mol. The van der Waals surface area contributed by atoms with Crippen molar-refractivity contribution in [1.29, 1.82) is 0 Å². The van der Waals surface area contributed by atoms with Crippen molar-refractivity contribution in [3.8, 4) is 28.0 Å². The van der Waals surface area contributed by atoms with Crippen molar-refractivity contribution in [2.75, 3.05) is 6.61 Å². The molecule has 1 N–H and O–H groups in total. The molecule has 0 unspecified atom stereocenters. The Morgan fingerprint density at radius 3 is 2.55 bits per heavy atom. The molecule has 0 saturated carbocycles. The molecule has 0 aliphatic carbocycles. The van der Waals surface area contributed by atoms with Crippen LogP contribution in [-0.4, -0.2) is 45.6 Å². The molecule has 0 aliphatic rings. The van der Waals surface area contributed by atoms with Gasteiger partial charge in [-0.05, 0) is 61.1 Å². The topological polar surface area (TPSA) is 151 Å². The fraction of sp³-hybridized carbons (Fsp3) is 0.150.